The number of hydrogen-bond donors (Lipinski definition) is 1. The highest BCUT2D eigenvalue weighted by Gasteiger charge is 2.25. The molecule has 4 nitrogen and oxygen atoms in total. The molecule has 1 aromatic rings. The number of benzene rings is 1. The molecule has 2 saturated heterocycles. The van der Waals surface area contributed by atoms with Crippen molar-refractivity contribution in [1.82, 2.24) is 4.90 Å². The molecule has 1 N–H and O–H groups in total. The van der Waals surface area contributed by atoms with Gasteiger partial charge in [-0.25, -0.2) is 0 Å². The van der Waals surface area contributed by atoms with E-state index >= 15 is 0 Å². The number of piperidine rings is 1. The van der Waals surface area contributed by atoms with Crippen LogP contribution < -0.4 is 10.2 Å². The standard InChI is InChI=1S/C16H23N3OS/c21-13-17-14-1-3-15(4-2-14)18-7-5-16(6-8-18)19-9-11-20-12-10-19/h1-4,13,16H,5-12H2,(H,17,21). The molecule has 0 atom stereocenters. The van der Waals surface area contributed by atoms with Gasteiger partial charge in [0.25, 0.3) is 0 Å². The first-order valence-corrected chi connectivity index (χ1v) is 8.21. The van der Waals surface area contributed by atoms with Crippen molar-refractivity contribution >= 4 is 29.1 Å². The van der Waals surface area contributed by atoms with Crippen LogP contribution in [0.15, 0.2) is 24.3 Å². The van der Waals surface area contributed by atoms with Crippen LogP contribution in [0.5, 0.6) is 0 Å². The first kappa shape index (κ1) is 14.8. The van der Waals surface area contributed by atoms with E-state index in [4.69, 9.17) is 17.0 Å². The van der Waals surface area contributed by atoms with E-state index in [-0.39, 0.29) is 0 Å². The van der Waals surface area contributed by atoms with Gasteiger partial charge in [-0.3, -0.25) is 4.90 Å². The fourth-order valence-electron chi connectivity index (χ4n) is 3.27. The molecule has 0 saturated carbocycles. The molecule has 2 fully saturated rings. The predicted molar refractivity (Wildman–Crippen MR) is 91.3 cm³/mol. The summed E-state index contributed by atoms with van der Waals surface area (Å²) in [5.41, 5.74) is 3.91. The van der Waals surface area contributed by atoms with Crippen LogP contribution in [0.25, 0.3) is 0 Å². The van der Waals surface area contributed by atoms with Gasteiger partial charge in [0, 0.05) is 43.6 Å². The molecule has 0 bridgehead atoms. The molecule has 5 heteroatoms. The second-order valence-corrected chi connectivity index (χ2v) is 5.91. The largest absolute Gasteiger partial charge is 0.379 e. The van der Waals surface area contributed by atoms with Crippen LogP contribution in [0.4, 0.5) is 11.4 Å². The fourth-order valence-corrected chi connectivity index (χ4v) is 3.40. The van der Waals surface area contributed by atoms with Gasteiger partial charge in [0.2, 0.25) is 0 Å². The number of thiocarbonyl (C=S) groups is 1. The van der Waals surface area contributed by atoms with Crippen LogP contribution in [0, 0.1) is 0 Å². The summed E-state index contributed by atoms with van der Waals surface area (Å²) < 4.78 is 5.44. The second-order valence-electron chi connectivity index (χ2n) is 5.68. The molecule has 2 aliphatic rings. The van der Waals surface area contributed by atoms with Crippen LogP contribution in [0.3, 0.4) is 0 Å². The van der Waals surface area contributed by atoms with Crippen LogP contribution in [0.1, 0.15) is 12.8 Å². The van der Waals surface area contributed by atoms with E-state index < -0.39 is 0 Å². The topological polar surface area (TPSA) is 27.7 Å². The van der Waals surface area contributed by atoms with E-state index in [9.17, 15) is 0 Å². The number of ether oxygens (including phenoxy) is 1. The van der Waals surface area contributed by atoms with Gasteiger partial charge in [0.15, 0.2) is 0 Å². The third-order valence-corrected chi connectivity index (χ3v) is 4.60. The summed E-state index contributed by atoms with van der Waals surface area (Å²) in [6.45, 7) is 6.28. The molecular formula is C16H23N3OS. The average Bonchev–Trinajstić information content (AvgIpc) is 2.57. The Labute approximate surface area is 132 Å². The molecule has 114 valence electrons. The highest BCUT2D eigenvalue weighted by atomic mass is 32.1. The van der Waals surface area contributed by atoms with E-state index in [0.29, 0.717) is 0 Å². The summed E-state index contributed by atoms with van der Waals surface area (Å²) in [5.74, 6) is 0. The number of rotatable bonds is 4. The summed E-state index contributed by atoms with van der Waals surface area (Å²) in [4.78, 5) is 5.09. The SMILES string of the molecule is S=CNc1ccc(N2CCC(N3CCOCC3)CC2)cc1. The maximum Gasteiger partial charge on any atom is 0.0658 e. The Kier molecular flexibility index (Phi) is 5.06. The summed E-state index contributed by atoms with van der Waals surface area (Å²) >= 11 is 4.81. The lowest BCUT2D eigenvalue weighted by molar-refractivity contribution is 0.0115. The summed E-state index contributed by atoms with van der Waals surface area (Å²) in [5, 5.41) is 3.04. The van der Waals surface area contributed by atoms with Crippen molar-refractivity contribution in [2.24, 2.45) is 0 Å². The molecule has 0 radical (unpaired) electrons. The Bertz CT molecular complexity index is 451. The van der Waals surface area contributed by atoms with E-state index in [1.807, 2.05) is 0 Å². The van der Waals surface area contributed by atoms with Crippen molar-refractivity contribution in [3.05, 3.63) is 24.3 Å². The fraction of sp³-hybridized carbons (Fsp3) is 0.562. The average molecular weight is 305 g/mol. The van der Waals surface area contributed by atoms with Crippen LogP contribution in [0.2, 0.25) is 0 Å². The summed E-state index contributed by atoms with van der Waals surface area (Å²) in [6.07, 6.45) is 2.50. The van der Waals surface area contributed by atoms with Gasteiger partial charge >= 0.3 is 0 Å². The number of hydrogen-bond acceptors (Lipinski definition) is 4. The zero-order chi connectivity index (χ0) is 14.5. The molecule has 2 aliphatic heterocycles. The maximum atomic E-state index is 5.44. The first-order chi connectivity index (χ1) is 10.4. The van der Waals surface area contributed by atoms with E-state index in [1.165, 1.54) is 18.5 Å². The molecule has 21 heavy (non-hydrogen) atoms. The minimum absolute atomic E-state index is 0.737. The lowest BCUT2D eigenvalue weighted by atomic mass is 10.0. The van der Waals surface area contributed by atoms with Crippen molar-refractivity contribution < 1.29 is 4.74 Å². The zero-order valence-electron chi connectivity index (χ0n) is 12.3. The van der Waals surface area contributed by atoms with E-state index in [1.54, 1.807) is 5.49 Å². The monoisotopic (exact) mass is 305 g/mol. The molecular weight excluding hydrogens is 282 g/mol. The lowest BCUT2D eigenvalue weighted by Gasteiger charge is -2.40. The third kappa shape index (κ3) is 3.73. The van der Waals surface area contributed by atoms with E-state index in [0.717, 1.165) is 51.1 Å². The second kappa shape index (κ2) is 7.20. The number of morpholine rings is 1. The van der Waals surface area contributed by atoms with Crippen molar-refractivity contribution in [2.75, 3.05) is 49.6 Å². The molecule has 3 rings (SSSR count). The van der Waals surface area contributed by atoms with Crippen LogP contribution in [-0.2, 0) is 4.74 Å². The Balaban J connectivity index is 1.53. The molecule has 0 unspecified atom stereocenters. The maximum absolute atomic E-state index is 5.44. The minimum atomic E-state index is 0.737. The number of nitrogens with one attached hydrogen (secondary N) is 1. The van der Waals surface area contributed by atoms with Gasteiger partial charge in [0.05, 0.1) is 18.7 Å². The van der Waals surface area contributed by atoms with Gasteiger partial charge in [-0.1, -0.05) is 12.2 Å². The first-order valence-electron chi connectivity index (χ1n) is 7.74. The smallest absolute Gasteiger partial charge is 0.0658 e. The minimum Gasteiger partial charge on any atom is -0.379 e. The third-order valence-electron chi connectivity index (χ3n) is 4.48. The highest BCUT2D eigenvalue weighted by Crippen LogP contribution is 2.24. The van der Waals surface area contributed by atoms with Crippen LogP contribution >= 0.6 is 12.2 Å². The molecule has 0 aliphatic carbocycles. The molecule has 2 heterocycles. The Morgan fingerprint density at radius 1 is 1.05 bits per heavy atom. The van der Waals surface area contributed by atoms with Crippen molar-refractivity contribution in [3.8, 4) is 0 Å². The summed E-state index contributed by atoms with van der Waals surface area (Å²) in [7, 11) is 0. The van der Waals surface area contributed by atoms with E-state index in [2.05, 4.69) is 39.4 Å². The highest BCUT2D eigenvalue weighted by molar-refractivity contribution is 7.79. The molecule has 0 amide bonds. The molecule has 0 spiro atoms. The Hall–Kier alpha value is -1.17. The molecule has 1 aromatic carbocycles. The van der Waals surface area contributed by atoms with Crippen molar-refractivity contribution in [1.29, 1.82) is 0 Å². The molecule has 0 aromatic heterocycles. The number of nitrogens with zero attached hydrogens (tertiary/aromatic N) is 2. The van der Waals surface area contributed by atoms with Crippen LogP contribution in [-0.4, -0.2) is 55.8 Å². The van der Waals surface area contributed by atoms with Crippen molar-refractivity contribution in [3.63, 3.8) is 0 Å². The lowest BCUT2D eigenvalue weighted by Crippen LogP contribution is -2.49. The quantitative estimate of drug-likeness (QED) is 0.862. The van der Waals surface area contributed by atoms with Gasteiger partial charge in [-0.05, 0) is 37.1 Å². The number of anilines is 2. The Morgan fingerprint density at radius 2 is 1.71 bits per heavy atom. The van der Waals surface area contributed by atoms with Gasteiger partial charge in [-0.2, -0.15) is 0 Å². The van der Waals surface area contributed by atoms with Gasteiger partial charge < -0.3 is 15.0 Å². The Morgan fingerprint density at radius 3 is 2.33 bits per heavy atom. The normalized spacial score (nSPS) is 21.2. The summed E-state index contributed by atoms with van der Waals surface area (Å²) in [6, 6.07) is 9.27. The zero-order valence-corrected chi connectivity index (χ0v) is 13.1. The predicted octanol–water partition coefficient (Wildman–Crippen LogP) is 2.36. The van der Waals surface area contributed by atoms with Gasteiger partial charge in [0.1, 0.15) is 0 Å². The van der Waals surface area contributed by atoms with Gasteiger partial charge in [-0.15, -0.1) is 0 Å². The van der Waals surface area contributed by atoms with Crippen molar-refractivity contribution in [2.45, 2.75) is 18.9 Å².